The molecule has 0 radical (unpaired) electrons. The third-order valence-electron chi connectivity index (χ3n) is 1.93. The van der Waals surface area contributed by atoms with Crippen molar-refractivity contribution in [3.05, 3.63) is 11.6 Å². The number of carbonyl (C=O) groups excluding carboxylic acids is 1. The monoisotopic (exact) mass is 200 g/mol. The first-order valence-electron chi connectivity index (χ1n) is 4.82. The van der Waals surface area contributed by atoms with Gasteiger partial charge in [0.25, 0.3) is 0 Å². The van der Waals surface area contributed by atoms with Gasteiger partial charge in [-0.05, 0) is 40.0 Å². The Morgan fingerprint density at radius 1 is 1.50 bits per heavy atom. The third kappa shape index (κ3) is 7.80. The summed E-state index contributed by atoms with van der Waals surface area (Å²) in [7, 11) is 1.36. The van der Waals surface area contributed by atoms with Gasteiger partial charge in [-0.1, -0.05) is 5.57 Å². The van der Waals surface area contributed by atoms with Gasteiger partial charge in [0, 0.05) is 6.08 Å². The second kappa shape index (κ2) is 5.81. The van der Waals surface area contributed by atoms with Crippen LogP contribution < -0.4 is 0 Å². The first-order valence-corrected chi connectivity index (χ1v) is 4.82. The topological polar surface area (TPSA) is 46.5 Å². The zero-order valence-corrected chi connectivity index (χ0v) is 9.46. The van der Waals surface area contributed by atoms with E-state index in [4.69, 9.17) is 0 Å². The lowest BCUT2D eigenvalue weighted by Crippen LogP contribution is -2.17. The van der Waals surface area contributed by atoms with E-state index in [9.17, 15) is 9.90 Å². The highest BCUT2D eigenvalue weighted by molar-refractivity contribution is 5.82. The van der Waals surface area contributed by atoms with Crippen LogP contribution in [0.3, 0.4) is 0 Å². The summed E-state index contributed by atoms with van der Waals surface area (Å²) >= 11 is 0. The van der Waals surface area contributed by atoms with Crippen molar-refractivity contribution in [1.29, 1.82) is 0 Å². The van der Waals surface area contributed by atoms with Gasteiger partial charge in [-0.15, -0.1) is 0 Å². The summed E-state index contributed by atoms with van der Waals surface area (Å²) in [6.07, 6.45) is 3.92. The number of rotatable bonds is 5. The van der Waals surface area contributed by atoms with Crippen LogP contribution in [0.2, 0.25) is 0 Å². The molecule has 0 aliphatic carbocycles. The first kappa shape index (κ1) is 13.2. The highest BCUT2D eigenvalue weighted by Gasteiger charge is 2.11. The molecule has 0 atom stereocenters. The molecule has 3 heteroatoms. The van der Waals surface area contributed by atoms with Crippen LogP contribution in [0.4, 0.5) is 0 Å². The Kier molecular flexibility index (Phi) is 5.46. The van der Waals surface area contributed by atoms with Gasteiger partial charge in [-0.25, -0.2) is 4.79 Å². The number of hydrogen-bond acceptors (Lipinski definition) is 3. The van der Waals surface area contributed by atoms with Crippen LogP contribution in [0.25, 0.3) is 0 Å². The summed E-state index contributed by atoms with van der Waals surface area (Å²) in [4.78, 5) is 10.8. The van der Waals surface area contributed by atoms with Gasteiger partial charge < -0.3 is 9.84 Å². The molecular formula is C11H20O3. The Morgan fingerprint density at radius 2 is 2.07 bits per heavy atom. The van der Waals surface area contributed by atoms with Crippen LogP contribution in [0.1, 0.15) is 40.0 Å². The molecular weight excluding hydrogens is 180 g/mol. The molecule has 14 heavy (non-hydrogen) atoms. The minimum atomic E-state index is -0.619. The van der Waals surface area contributed by atoms with E-state index in [1.165, 1.54) is 13.2 Å². The molecule has 0 heterocycles. The highest BCUT2D eigenvalue weighted by atomic mass is 16.5. The molecule has 0 aliphatic rings. The van der Waals surface area contributed by atoms with Crippen molar-refractivity contribution < 1.29 is 14.6 Å². The van der Waals surface area contributed by atoms with Crippen molar-refractivity contribution in [3.63, 3.8) is 0 Å². The molecule has 0 bridgehead atoms. The largest absolute Gasteiger partial charge is 0.466 e. The van der Waals surface area contributed by atoms with Crippen LogP contribution in [0.5, 0.6) is 0 Å². The van der Waals surface area contributed by atoms with Gasteiger partial charge >= 0.3 is 5.97 Å². The Hall–Kier alpha value is -0.830. The Labute approximate surface area is 85.8 Å². The van der Waals surface area contributed by atoms with Crippen LogP contribution in [0.15, 0.2) is 11.6 Å². The van der Waals surface area contributed by atoms with E-state index in [2.05, 4.69) is 4.74 Å². The molecule has 0 saturated carbocycles. The fourth-order valence-electron chi connectivity index (χ4n) is 1.13. The Morgan fingerprint density at radius 3 is 2.50 bits per heavy atom. The lowest BCUT2D eigenvalue weighted by Gasteiger charge is -2.16. The average Bonchev–Trinajstić information content (AvgIpc) is 2.01. The maximum atomic E-state index is 10.8. The Bertz CT molecular complexity index is 211. The van der Waals surface area contributed by atoms with Crippen molar-refractivity contribution in [2.45, 2.75) is 45.6 Å². The number of carbonyl (C=O) groups is 1. The van der Waals surface area contributed by atoms with E-state index in [0.29, 0.717) is 0 Å². The van der Waals surface area contributed by atoms with Gasteiger partial charge in [-0.2, -0.15) is 0 Å². The van der Waals surface area contributed by atoms with Crippen LogP contribution >= 0.6 is 0 Å². The molecule has 0 aromatic rings. The molecule has 0 spiro atoms. The molecule has 0 amide bonds. The number of esters is 1. The van der Waals surface area contributed by atoms with E-state index in [-0.39, 0.29) is 5.97 Å². The number of aliphatic hydroxyl groups is 1. The second-order valence-corrected chi connectivity index (χ2v) is 4.18. The molecule has 0 unspecified atom stereocenters. The van der Waals surface area contributed by atoms with Gasteiger partial charge in [0.1, 0.15) is 0 Å². The predicted molar refractivity (Wildman–Crippen MR) is 55.9 cm³/mol. The molecule has 0 aromatic heterocycles. The van der Waals surface area contributed by atoms with E-state index < -0.39 is 5.60 Å². The minimum absolute atomic E-state index is 0.314. The Balaban J connectivity index is 3.80. The van der Waals surface area contributed by atoms with Crippen molar-refractivity contribution in [2.24, 2.45) is 0 Å². The smallest absolute Gasteiger partial charge is 0.330 e. The number of hydrogen-bond donors (Lipinski definition) is 1. The first-order chi connectivity index (χ1) is 6.35. The van der Waals surface area contributed by atoms with Gasteiger partial charge in [-0.3, -0.25) is 0 Å². The van der Waals surface area contributed by atoms with E-state index in [1.54, 1.807) is 13.8 Å². The third-order valence-corrected chi connectivity index (χ3v) is 1.93. The molecule has 0 fully saturated rings. The average molecular weight is 200 g/mol. The second-order valence-electron chi connectivity index (χ2n) is 4.18. The minimum Gasteiger partial charge on any atom is -0.466 e. The zero-order chi connectivity index (χ0) is 11.2. The molecule has 0 aromatic carbocycles. The molecule has 3 nitrogen and oxygen atoms in total. The van der Waals surface area contributed by atoms with Crippen molar-refractivity contribution in [3.8, 4) is 0 Å². The summed E-state index contributed by atoms with van der Waals surface area (Å²) < 4.78 is 4.50. The highest BCUT2D eigenvalue weighted by Crippen LogP contribution is 2.15. The lowest BCUT2D eigenvalue weighted by molar-refractivity contribution is -0.134. The molecule has 0 saturated heterocycles. The van der Waals surface area contributed by atoms with E-state index in [1.807, 2.05) is 6.92 Å². The summed E-state index contributed by atoms with van der Waals surface area (Å²) in [5, 5.41) is 9.45. The summed E-state index contributed by atoms with van der Waals surface area (Å²) in [5.74, 6) is -0.314. The van der Waals surface area contributed by atoms with E-state index in [0.717, 1.165) is 24.8 Å². The molecule has 0 aliphatic heterocycles. The predicted octanol–water partition coefficient (Wildman–Crippen LogP) is 2.05. The quantitative estimate of drug-likeness (QED) is 0.545. The van der Waals surface area contributed by atoms with Crippen molar-refractivity contribution in [1.82, 2.24) is 0 Å². The fourth-order valence-corrected chi connectivity index (χ4v) is 1.13. The number of allylic oxidation sites excluding steroid dienone is 1. The normalized spacial score (nSPS) is 12.8. The standard InChI is InChI=1S/C11H20O3/c1-9(8-10(12)14-4)6-5-7-11(2,3)13/h8,13H,5-7H2,1-4H3/b9-8+. The summed E-state index contributed by atoms with van der Waals surface area (Å²) in [5.41, 5.74) is 0.368. The van der Waals surface area contributed by atoms with Gasteiger partial charge in [0.15, 0.2) is 0 Å². The maximum Gasteiger partial charge on any atom is 0.330 e. The lowest BCUT2D eigenvalue weighted by atomic mass is 9.99. The fraction of sp³-hybridized carbons (Fsp3) is 0.727. The van der Waals surface area contributed by atoms with Crippen molar-refractivity contribution in [2.75, 3.05) is 7.11 Å². The van der Waals surface area contributed by atoms with Crippen LogP contribution in [0, 0.1) is 0 Å². The number of ether oxygens (including phenoxy) is 1. The summed E-state index contributed by atoms with van der Waals surface area (Å²) in [6.45, 7) is 5.46. The number of methoxy groups -OCH3 is 1. The molecule has 82 valence electrons. The van der Waals surface area contributed by atoms with Gasteiger partial charge in [0.05, 0.1) is 12.7 Å². The van der Waals surface area contributed by atoms with E-state index >= 15 is 0 Å². The molecule has 1 N–H and O–H groups in total. The van der Waals surface area contributed by atoms with Crippen LogP contribution in [-0.2, 0) is 9.53 Å². The summed E-state index contributed by atoms with van der Waals surface area (Å²) in [6, 6.07) is 0. The van der Waals surface area contributed by atoms with Crippen molar-refractivity contribution >= 4 is 5.97 Å². The SMILES string of the molecule is COC(=O)/C=C(\C)CCCC(C)(C)O. The maximum absolute atomic E-state index is 10.8. The van der Waals surface area contributed by atoms with Crippen LogP contribution in [-0.4, -0.2) is 23.8 Å². The zero-order valence-electron chi connectivity index (χ0n) is 9.46. The molecule has 0 rings (SSSR count). The van der Waals surface area contributed by atoms with Gasteiger partial charge in [0.2, 0.25) is 0 Å².